The molecule has 0 aromatic heterocycles. The summed E-state index contributed by atoms with van der Waals surface area (Å²) < 4.78 is 11.0. The monoisotopic (exact) mass is 343 g/mol. The predicted molar refractivity (Wildman–Crippen MR) is 86.2 cm³/mol. The van der Waals surface area contributed by atoms with E-state index in [0.29, 0.717) is 40.5 Å². The highest BCUT2D eigenvalue weighted by atomic mass is 35.5. The van der Waals surface area contributed by atoms with Crippen LogP contribution in [0.5, 0.6) is 11.5 Å². The Morgan fingerprint density at radius 1 is 0.905 bits per heavy atom. The van der Waals surface area contributed by atoms with Crippen LogP contribution in [0.3, 0.4) is 0 Å². The Kier molecular flexibility index (Phi) is 4.34. The number of hydrogen-bond acceptors (Lipinski definition) is 3. The molecule has 3 rings (SSSR count). The van der Waals surface area contributed by atoms with Crippen LogP contribution in [0.15, 0.2) is 30.3 Å². The molecule has 0 atom stereocenters. The van der Waals surface area contributed by atoms with Gasteiger partial charge in [-0.3, -0.25) is 0 Å². The Bertz CT molecular complexity index is 653. The fourth-order valence-corrected chi connectivity index (χ4v) is 3.05. The van der Waals surface area contributed by atoms with Crippen LogP contribution in [0.25, 0.3) is 0 Å². The number of nitrogens with one attached hydrogen (secondary N) is 1. The second-order valence-electron chi connectivity index (χ2n) is 4.58. The van der Waals surface area contributed by atoms with Gasteiger partial charge in [0, 0.05) is 11.6 Å². The van der Waals surface area contributed by atoms with E-state index in [1.807, 2.05) is 18.2 Å². The molecule has 0 radical (unpaired) electrons. The van der Waals surface area contributed by atoms with Crippen molar-refractivity contribution in [3.05, 3.63) is 51.0 Å². The molecule has 1 aliphatic heterocycles. The van der Waals surface area contributed by atoms with Gasteiger partial charge in [0.15, 0.2) is 11.5 Å². The highest BCUT2D eigenvalue weighted by molar-refractivity contribution is 6.41. The predicted octanol–water partition coefficient (Wildman–Crippen LogP) is 5.03. The molecule has 6 heteroatoms. The number of benzene rings is 2. The Morgan fingerprint density at radius 2 is 1.57 bits per heavy atom. The van der Waals surface area contributed by atoms with Crippen molar-refractivity contribution in [2.24, 2.45) is 0 Å². The molecule has 1 aliphatic rings. The normalized spacial score (nSPS) is 13.1. The van der Waals surface area contributed by atoms with Crippen molar-refractivity contribution < 1.29 is 9.47 Å². The molecule has 21 heavy (non-hydrogen) atoms. The minimum absolute atomic E-state index is 0.491. The Hall–Kier alpha value is -1.29. The second-order valence-corrected chi connectivity index (χ2v) is 5.83. The number of anilines is 1. The maximum absolute atomic E-state index is 6.14. The maximum Gasteiger partial charge on any atom is 0.161 e. The average Bonchev–Trinajstić information content (AvgIpc) is 2.46. The van der Waals surface area contributed by atoms with Gasteiger partial charge in [0.1, 0.15) is 13.2 Å². The smallest absolute Gasteiger partial charge is 0.161 e. The summed E-state index contributed by atoms with van der Waals surface area (Å²) in [6, 6.07) is 9.12. The lowest BCUT2D eigenvalue weighted by Gasteiger charge is -2.19. The maximum atomic E-state index is 6.14. The molecule has 0 unspecified atom stereocenters. The van der Waals surface area contributed by atoms with E-state index in [2.05, 4.69) is 5.32 Å². The van der Waals surface area contributed by atoms with Crippen molar-refractivity contribution in [1.29, 1.82) is 0 Å². The van der Waals surface area contributed by atoms with Gasteiger partial charge in [0.25, 0.3) is 0 Å². The van der Waals surface area contributed by atoms with Crippen LogP contribution in [0.4, 0.5) is 5.69 Å². The third-order valence-corrected chi connectivity index (χ3v) is 3.90. The molecular weight excluding hydrogens is 333 g/mol. The molecule has 1 N–H and O–H groups in total. The van der Waals surface area contributed by atoms with Gasteiger partial charge < -0.3 is 14.8 Å². The van der Waals surface area contributed by atoms with Crippen LogP contribution in [0, 0.1) is 0 Å². The molecule has 0 saturated heterocycles. The van der Waals surface area contributed by atoms with E-state index in [1.54, 1.807) is 12.1 Å². The molecular formula is C15H12Cl3NO2. The summed E-state index contributed by atoms with van der Waals surface area (Å²) in [4.78, 5) is 0. The van der Waals surface area contributed by atoms with E-state index in [1.165, 1.54) is 0 Å². The van der Waals surface area contributed by atoms with Gasteiger partial charge in [-0.25, -0.2) is 0 Å². The van der Waals surface area contributed by atoms with Gasteiger partial charge in [-0.2, -0.15) is 0 Å². The first-order valence-corrected chi connectivity index (χ1v) is 7.54. The van der Waals surface area contributed by atoms with E-state index in [-0.39, 0.29) is 0 Å². The molecule has 0 spiro atoms. The highest BCUT2D eigenvalue weighted by Gasteiger charge is 2.12. The number of ether oxygens (including phenoxy) is 2. The Labute approximate surface area is 137 Å². The topological polar surface area (TPSA) is 30.5 Å². The molecule has 0 aliphatic carbocycles. The van der Waals surface area contributed by atoms with Crippen LogP contribution in [0.1, 0.15) is 5.56 Å². The molecule has 2 aromatic rings. The quantitative estimate of drug-likeness (QED) is 0.847. The van der Waals surface area contributed by atoms with Gasteiger partial charge in [-0.1, -0.05) is 40.9 Å². The summed E-state index contributed by atoms with van der Waals surface area (Å²) in [5, 5.41) is 4.70. The summed E-state index contributed by atoms with van der Waals surface area (Å²) in [7, 11) is 0. The summed E-state index contributed by atoms with van der Waals surface area (Å²) in [5.41, 5.74) is 1.71. The molecule has 0 amide bonds. The minimum Gasteiger partial charge on any atom is -0.486 e. The summed E-state index contributed by atoms with van der Waals surface area (Å²) in [5.74, 6) is 1.53. The molecule has 0 fully saturated rings. The van der Waals surface area contributed by atoms with Crippen LogP contribution in [0.2, 0.25) is 15.1 Å². The van der Waals surface area contributed by atoms with E-state index >= 15 is 0 Å². The Balaban J connectivity index is 1.76. The molecule has 110 valence electrons. The van der Waals surface area contributed by atoms with Gasteiger partial charge in [-0.15, -0.1) is 0 Å². The van der Waals surface area contributed by atoms with Crippen LogP contribution >= 0.6 is 34.8 Å². The molecule has 0 saturated carbocycles. The molecule has 2 aromatic carbocycles. The Morgan fingerprint density at radius 3 is 2.29 bits per heavy atom. The summed E-state index contributed by atoms with van der Waals surface area (Å²) in [6.07, 6.45) is 0. The van der Waals surface area contributed by atoms with E-state index in [0.717, 1.165) is 17.1 Å². The molecule has 3 nitrogen and oxygen atoms in total. The first-order valence-electron chi connectivity index (χ1n) is 6.40. The average molecular weight is 345 g/mol. The highest BCUT2D eigenvalue weighted by Crippen LogP contribution is 2.35. The van der Waals surface area contributed by atoms with Crippen molar-refractivity contribution in [2.75, 3.05) is 18.5 Å². The fourth-order valence-electron chi connectivity index (χ4n) is 2.10. The lowest BCUT2D eigenvalue weighted by Crippen LogP contribution is -2.15. The number of fused-ring (bicyclic) bond motifs is 1. The van der Waals surface area contributed by atoms with Gasteiger partial charge >= 0.3 is 0 Å². The largest absolute Gasteiger partial charge is 0.486 e. The van der Waals surface area contributed by atoms with Crippen molar-refractivity contribution in [3.63, 3.8) is 0 Å². The van der Waals surface area contributed by atoms with Crippen molar-refractivity contribution in [1.82, 2.24) is 0 Å². The van der Waals surface area contributed by atoms with Crippen LogP contribution < -0.4 is 14.8 Å². The van der Waals surface area contributed by atoms with Crippen LogP contribution in [-0.2, 0) is 6.54 Å². The fraction of sp³-hybridized carbons (Fsp3) is 0.200. The number of halogens is 3. The first-order chi connectivity index (χ1) is 10.1. The summed E-state index contributed by atoms with van der Waals surface area (Å²) >= 11 is 18.2. The lowest BCUT2D eigenvalue weighted by molar-refractivity contribution is 0.171. The SMILES string of the molecule is Clc1cc(Cl)c(NCc2ccc3c(c2)OCCO3)c(Cl)c1. The molecule has 1 heterocycles. The lowest BCUT2D eigenvalue weighted by atomic mass is 10.2. The van der Waals surface area contributed by atoms with E-state index in [4.69, 9.17) is 44.3 Å². The van der Waals surface area contributed by atoms with Gasteiger partial charge in [-0.05, 0) is 29.8 Å². The zero-order chi connectivity index (χ0) is 14.8. The number of hydrogen-bond donors (Lipinski definition) is 1. The van der Waals surface area contributed by atoms with Crippen molar-refractivity contribution >= 4 is 40.5 Å². The third-order valence-electron chi connectivity index (χ3n) is 3.08. The standard InChI is InChI=1S/C15H12Cl3NO2/c16-10-6-11(17)15(12(18)7-10)19-8-9-1-2-13-14(5-9)21-4-3-20-13/h1-2,5-7,19H,3-4,8H2. The zero-order valence-corrected chi connectivity index (χ0v) is 13.2. The second kappa shape index (κ2) is 6.22. The van der Waals surface area contributed by atoms with E-state index < -0.39 is 0 Å². The zero-order valence-electron chi connectivity index (χ0n) is 11.0. The first kappa shape index (κ1) is 14.6. The van der Waals surface area contributed by atoms with Crippen molar-refractivity contribution in [3.8, 4) is 11.5 Å². The van der Waals surface area contributed by atoms with Gasteiger partial charge in [0.05, 0.1) is 15.7 Å². The number of rotatable bonds is 3. The van der Waals surface area contributed by atoms with Crippen LogP contribution in [-0.4, -0.2) is 13.2 Å². The van der Waals surface area contributed by atoms with Crippen molar-refractivity contribution in [2.45, 2.75) is 6.54 Å². The van der Waals surface area contributed by atoms with E-state index in [9.17, 15) is 0 Å². The minimum atomic E-state index is 0.491. The van der Waals surface area contributed by atoms with Gasteiger partial charge in [0.2, 0.25) is 0 Å². The molecule has 0 bridgehead atoms. The summed E-state index contributed by atoms with van der Waals surface area (Å²) in [6.45, 7) is 1.72. The third kappa shape index (κ3) is 3.31.